The predicted octanol–water partition coefficient (Wildman–Crippen LogP) is 6.43. The highest BCUT2D eigenvalue weighted by atomic mass is 32.2. The van der Waals surface area contributed by atoms with Crippen molar-refractivity contribution in [2.24, 2.45) is 0 Å². The van der Waals surface area contributed by atoms with Gasteiger partial charge in [-0.1, -0.05) is 72.8 Å². The van der Waals surface area contributed by atoms with Gasteiger partial charge in [-0.2, -0.15) is 0 Å². The molecule has 11 heteroatoms. The Balaban J connectivity index is 1.52. The number of hydrogen-bond donors (Lipinski definition) is 1. The van der Waals surface area contributed by atoms with Crippen molar-refractivity contribution in [1.82, 2.24) is 14.5 Å². The Morgan fingerprint density at radius 3 is 2.04 bits per heavy atom. The van der Waals surface area contributed by atoms with E-state index in [4.69, 9.17) is 14.7 Å². The number of para-hydroxylation sites is 2. The summed E-state index contributed by atoms with van der Waals surface area (Å²) in [4.78, 5) is 9.26. The predicted molar refractivity (Wildman–Crippen MR) is 174 cm³/mol. The number of rotatable bonds is 8. The smallest absolute Gasteiger partial charge is 0.263 e. The first-order valence-corrected chi connectivity index (χ1v) is 16.9. The number of nitrogens with one attached hydrogen (secondary N) is 1. The molecule has 2 aromatic heterocycles. The van der Waals surface area contributed by atoms with E-state index in [1.165, 1.54) is 18.2 Å². The van der Waals surface area contributed by atoms with Crippen molar-refractivity contribution in [3.8, 4) is 5.75 Å². The molecule has 45 heavy (non-hydrogen) atoms. The highest BCUT2D eigenvalue weighted by molar-refractivity contribution is 7.93. The van der Waals surface area contributed by atoms with Gasteiger partial charge in [0.2, 0.25) is 9.84 Å². The van der Waals surface area contributed by atoms with E-state index >= 15 is 0 Å². The summed E-state index contributed by atoms with van der Waals surface area (Å²) in [5.74, 6) is 0.486. The Morgan fingerprint density at radius 1 is 0.689 bits per heavy atom. The van der Waals surface area contributed by atoms with Crippen LogP contribution in [0.1, 0.15) is 5.56 Å². The van der Waals surface area contributed by atoms with Crippen LogP contribution in [0.4, 0.5) is 5.82 Å². The molecule has 224 valence electrons. The maximum atomic E-state index is 14.4. The molecule has 7 aromatic rings. The zero-order valence-corrected chi connectivity index (χ0v) is 25.6. The van der Waals surface area contributed by atoms with Crippen LogP contribution in [0, 0.1) is 0 Å². The van der Waals surface area contributed by atoms with Crippen LogP contribution in [0.15, 0.2) is 136 Å². The highest BCUT2D eigenvalue weighted by Gasteiger charge is 2.34. The number of hydrogen-bond acceptors (Lipinski definition) is 7. The summed E-state index contributed by atoms with van der Waals surface area (Å²) in [6.45, 7) is 0.0907. The van der Waals surface area contributed by atoms with Gasteiger partial charge in [0.05, 0.1) is 34.5 Å². The summed E-state index contributed by atoms with van der Waals surface area (Å²) >= 11 is 0. The Kier molecular flexibility index (Phi) is 6.99. The Hall–Kier alpha value is -5.26. The molecule has 0 aliphatic heterocycles. The molecule has 0 fully saturated rings. The van der Waals surface area contributed by atoms with E-state index in [9.17, 15) is 16.8 Å². The lowest BCUT2D eigenvalue weighted by Gasteiger charge is -2.15. The molecule has 9 nitrogen and oxygen atoms in total. The second kappa shape index (κ2) is 11.0. The third-order valence-electron chi connectivity index (χ3n) is 7.59. The molecule has 0 radical (unpaired) electrons. The van der Waals surface area contributed by atoms with Crippen LogP contribution in [0.3, 0.4) is 0 Å². The Bertz CT molecular complexity index is 2440. The molecular formula is C34H26N4O5S2. The largest absolute Gasteiger partial charge is 0.497 e. The fourth-order valence-corrected chi connectivity index (χ4v) is 8.07. The van der Waals surface area contributed by atoms with Crippen LogP contribution in [0.25, 0.3) is 33.0 Å². The van der Waals surface area contributed by atoms with Crippen molar-refractivity contribution >= 4 is 58.6 Å². The van der Waals surface area contributed by atoms with Crippen LogP contribution >= 0.6 is 0 Å². The van der Waals surface area contributed by atoms with Gasteiger partial charge in [0.1, 0.15) is 22.0 Å². The summed E-state index contributed by atoms with van der Waals surface area (Å²) in [5, 5.41) is 1.60. The van der Waals surface area contributed by atoms with Crippen molar-refractivity contribution in [1.29, 1.82) is 0 Å². The molecule has 0 spiro atoms. The second-order valence-electron chi connectivity index (χ2n) is 10.4. The molecule has 0 aliphatic carbocycles. The van der Waals surface area contributed by atoms with Crippen molar-refractivity contribution < 1.29 is 21.6 Å². The molecule has 0 atom stereocenters. The van der Waals surface area contributed by atoms with Crippen molar-refractivity contribution in [3.05, 3.63) is 127 Å². The third-order valence-corrected chi connectivity index (χ3v) is 10.7. The monoisotopic (exact) mass is 634 g/mol. The Labute approximate surface area is 259 Å². The van der Waals surface area contributed by atoms with Crippen LogP contribution in [-0.2, 0) is 26.4 Å². The van der Waals surface area contributed by atoms with Gasteiger partial charge in [-0.15, -0.1) is 0 Å². The zero-order chi connectivity index (χ0) is 31.2. The summed E-state index contributed by atoms with van der Waals surface area (Å²) < 4.78 is 66.5. The minimum atomic E-state index is -4.31. The molecule has 0 saturated carbocycles. The summed E-state index contributed by atoms with van der Waals surface area (Å²) in [6, 6.07) is 34.4. The molecule has 2 heterocycles. The van der Waals surface area contributed by atoms with Gasteiger partial charge in [-0.3, -0.25) is 4.72 Å². The maximum Gasteiger partial charge on any atom is 0.263 e. The molecular weight excluding hydrogens is 609 g/mol. The average Bonchev–Trinajstić information content (AvgIpc) is 3.35. The van der Waals surface area contributed by atoms with Gasteiger partial charge < -0.3 is 9.30 Å². The zero-order valence-electron chi connectivity index (χ0n) is 24.0. The first-order valence-electron chi connectivity index (χ1n) is 14.0. The Morgan fingerprint density at radius 2 is 1.33 bits per heavy atom. The van der Waals surface area contributed by atoms with Crippen LogP contribution in [-0.4, -0.2) is 38.5 Å². The van der Waals surface area contributed by atoms with Crippen LogP contribution < -0.4 is 9.46 Å². The van der Waals surface area contributed by atoms with Crippen LogP contribution in [0.2, 0.25) is 0 Å². The van der Waals surface area contributed by atoms with E-state index in [0.717, 1.165) is 16.3 Å². The molecule has 0 unspecified atom stereocenters. The molecule has 7 rings (SSSR count). The molecule has 0 bridgehead atoms. The lowest BCUT2D eigenvalue weighted by Crippen LogP contribution is -2.18. The second-order valence-corrected chi connectivity index (χ2v) is 14.0. The van der Waals surface area contributed by atoms with Gasteiger partial charge in [-0.25, -0.2) is 26.8 Å². The van der Waals surface area contributed by atoms with Crippen molar-refractivity contribution in [2.75, 3.05) is 11.8 Å². The quantitative estimate of drug-likeness (QED) is 0.205. The van der Waals surface area contributed by atoms with Gasteiger partial charge in [0.25, 0.3) is 10.0 Å². The SMILES string of the molecule is COc1ccc(Cn2c(NS(=O)(=O)c3ccc4ccccc4c3)c(S(=O)(=O)c3ccccc3)c3nc4ccccc4nc32)cc1. The summed E-state index contributed by atoms with van der Waals surface area (Å²) in [6.07, 6.45) is 0. The van der Waals surface area contributed by atoms with E-state index in [1.54, 1.807) is 72.3 Å². The fourth-order valence-electron chi connectivity index (χ4n) is 5.33. The van der Waals surface area contributed by atoms with E-state index in [1.807, 2.05) is 42.5 Å². The van der Waals surface area contributed by atoms with Gasteiger partial charge in [0.15, 0.2) is 5.65 Å². The summed E-state index contributed by atoms with van der Waals surface area (Å²) in [7, 11) is -7.04. The first-order chi connectivity index (χ1) is 21.7. The van der Waals surface area contributed by atoms with E-state index < -0.39 is 19.9 Å². The number of fused-ring (bicyclic) bond motifs is 3. The number of sulfonamides is 1. The normalized spacial score (nSPS) is 12.1. The van der Waals surface area contributed by atoms with Gasteiger partial charge in [-0.05, 0) is 64.9 Å². The first kappa shape index (κ1) is 28.5. The number of nitrogens with zero attached hydrogens (tertiary/aromatic N) is 3. The topological polar surface area (TPSA) is 120 Å². The number of aromatic nitrogens is 3. The molecule has 1 N–H and O–H groups in total. The van der Waals surface area contributed by atoms with E-state index in [-0.39, 0.29) is 38.2 Å². The molecule has 0 amide bonds. The maximum absolute atomic E-state index is 14.4. The molecule has 0 aliphatic rings. The number of anilines is 1. The van der Waals surface area contributed by atoms with Crippen molar-refractivity contribution in [3.63, 3.8) is 0 Å². The molecule has 0 saturated heterocycles. The van der Waals surface area contributed by atoms with Gasteiger partial charge in [0, 0.05) is 0 Å². The minimum Gasteiger partial charge on any atom is -0.497 e. The number of methoxy groups -OCH3 is 1. The lowest BCUT2D eigenvalue weighted by molar-refractivity contribution is 0.414. The van der Waals surface area contributed by atoms with Crippen molar-refractivity contribution in [2.45, 2.75) is 21.2 Å². The average molecular weight is 635 g/mol. The van der Waals surface area contributed by atoms with E-state index in [2.05, 4.69) is 4.72 Å². The standard InChI is InChI=1S/C34H26N4O5S2/c1-43-26-18-15-23(16-19-26)22-38-33-31(35-29-13-7-8-14-30(29)36-33)32(44(39,40)27-11-3-2-4-12-27)34(38)37-45(41,42)28-20-17-24-9-5-6-10-25(24)21-28/h2-21,37H,22H2,1H3. The number of ether oxygens (including phenoxy) is 1. The van der Waals surface area contributed by atoms with Gasteiger partial charge >= 0.3 is 0 Å². The number of sulfone groups is 1. The highest BCUT2D eigenvalue weighted by Crippen LogP contribution is 2.39. The minimum absolute atomic E-state index is 0.00499. The van der Waals surface area contributed by atoms with Crippen LogP contribution in [0.5, 0.6) is 5.75 Å². The fraction of sp³-hybridized carbons (Fsp3) is 0.0588. The van der Waals surface area contributed by atoms with E-state index in [0.29, 0.717) is 16.8 Å². The third kappa shape index (κ3) is 5.15. The lowest BCUT2D eigenvalue weighted by atomic mass is 10.1. The molecule has 5 aromatic carbocycles. The number of benzene rings is 5. The summed E-state index contributed by atoms with van der Waals surface area (Å²) in [5.41, 5.74) is 2.04.